The summed E-state index contributed by atoms with van der Waals surface area (Å²) in [5.41, 5.74) is 0.841. The van der Waals surface area contributed by atoms with Gasteiger partial charge in [0.2, 0.25) is 0 Å². The Balaban J connectivity index is 1.92. The third kappa shape index (κ3) is 3.93. The van der Waals surface area contributed by atoms with Gasteiger partial charge in [-0.3, -0.25) is 0 Å². The van der Waals surface area contributed by atoms with Gasteiger partial charge in [0.15, 0.2) is 0 Å². The van der Waals surface area contributed by atoms with Crippen molar-refractivity contribution in [2.24, 2.45) is 11.8 Å². The first-order valence-corrected chi connectivity index (χ1v) is 7.60. The van der Waals surface area contributed by atoms with Gasteiger partial charge < -0.3 is 5.11 Å². The number of hydrogen-bond acceptors (Lipinski definition) is 1. The van der Waals surface area contributed by atoms with E-state index in [2.05, 4.69) is 6.92 Å². The fourth-order valence-electron chi connectivity index (χ4n) is 3.06. The molecule has 0 saturated heterocycles. The lowest BCUT2D eigenvalue weighted by Gasteiger charge is -2.31. The van der Waals surface area contributed by atoms with Crippen molar-refractivity contribution in [3.63, 3.8) is 0 Å². The summed E-state index contributed by atoms with van der Waals surface area (Å²) < 4.78 is 13.0. The quantitative estimate of drug-likeness (QED) is 0.857. The molecule has 19 heavy (non-hydrogen) atoms. The van der Waals surface area contributed by atoms with Crippen molar-refractivity contribution in [3.05, 3.63) is 34.6 Å². The van der Waals surface area contributed by atoms with E-state index < -0.39 is 0 Å². The van der Waals surface area contributed by atoms with Gasteiger partial charge in [-0.15, -0.1) is 0 Å². The SMILES string of the molecule is CCC1CCC(C(O)Cc2ccc(F)cc2Cl)CC1. The molecular weight excluding hydrogens is 263 g/mol. The van der Waals surface area contributed by atoms with Crippen LogP contribution in [0.25, 0.3) is 0 Å². The van der Waals surface area contributed by atoms with Gasteiger partial charge in [0.05, 0.1) is 6.10 Å². The summed E-state index contributed by atoms with van der Waals surface area (Å²) in [6.07, 6.45) is 6.04. The van der Waals surface area contributed by atoms with Crippen LogP contribution in [0.1, 0.15) is 44.6 Å². The molecule has 1 aliphatic rings. The molecular formula is C16H22ClFO. The van der Waals surface area contributed by atoms with E-state index >= 15 is 0 Å². The molecule has 2 rings (SSSR count). The minimum absolute atomic E-state index is 0.327. The molecule has 0 radical (unpaired) electrons. The van der Waals surface area contributed by atoms with Gasteiger partial charge >= 0.3 is 0 Å². The molecule has 1 unspecified atom stereocenters. The van der Waals surface area contributed by atoms with Crippen LogP contribution in [0.3, 0.4) is 0 Å². The van der Waals surface area contributed by atoms with Crippen LogP contribution in [0.4, 0.5) is 4.39 Å². The normalized spacial score (nSPS) is 25.3. The summed E-state index contributed by atoms with van der Waals surface area (Å²) in [5.74, 6) is 0.869. The molecule has 1 fully saturated rings. The van der Waals surface area contributed by atoms with Crippen LogP contribution < -0.4 is 0 Å². The molecule has 0 spiro atoms. The van der Waals surface area contributed by atoms with E-state index in [1.807, 2.05) is 0 Å². The van der Waals surface area contributed by atoms with Gasteiger partial charge in [0.25, 0.3) is 0 Å². The number of hydrogen-bond donors (Lipinski definition) is 1. The van der Waals surface area contributed by atoms with Gasteiger partial charge in [-0.25, -0.2) is 4.39 Å². The zero-order valence-electron chi connectivity index (χ0n) is 11.4. The second-order valence-electron chi connectivity index (χ2n) is 5.70. The molecule has 0 aromatic heterocycles. The average Bonchev–Trinajstić information content (AvgIpc) is 2.42. The maximum Gasteiger partial charge on any atom is 0.124 e. The summed E-state index contributed by atoms with van der Waals surface area (Å²) in [6, 6.07) is 4.40. The molecule has 1 aromatic rings. The monoisotopic (exact) mass is 284 g/mol. The van der Waals surface area contributed by atoms with Crippen molar-refractivity contribution in [1.82, 2.24) is 0 Å². The average molecular weight is 285 g/mol. The summed E-state index contributed by atoms with van der Waals surface area (Å²) in [6.45, 7) is 2.24. The predicted molar refractivity (Wildman–Crippen MR) is 76.9 cm³/mol. The van der Waals surface area contributed by atoms with E-state index in [4.69, 9.17) is 11.6 Å². The minimum Gasteiger partial charge on any atom is -0.392 e. The second kappa shape index (κ2) is 6.71. The van der Waals surface area contributed by atoms with Crippen LogP contribution in [-0.2, 0) is 6.42 Å². The van der Waals surface area contributed by atoms with Crippen molar-refractivity contribution in [1.29, 1.82) is 0 Å². The summed E-state index contributed by atoms with van der Waals surface area (Å²) >= 11 is 6.01. The van der Waals surface area contributed by atoms with Gasteiger partial charge in [-0.05, 0) is 42.4 Å². The van der Waals surface area contributed by atoms with E-state index in [0.717, 1.165) is 24.3 Å². The number of halogens is 2. The minimum atomic E-state index is -0.360. The van der Waals surface area contributed by atoms with Crippen molar-refractivity contribution < 1.29 is 9.50 Å². The van der Waals surface area contributed by atoms with Crippen LogP contribution in [0.2, 0.25) is 5.02 Å². The topological polar surface area (TPSA) is 20.2 Å². The molecule has 106 valence electrons. The lowest BCUT2D eigenvalue weighted by Crippen LogP contribution is -2.27. The molecule has 1 atom stereocenters. The summed E-state index contributed by atoms with van der Waals surface area (Å²) in [7, 11) is 0. The third-order valence-electron chi connectivity index (χ3n) is 4.46. The largest absolute Gasteiger partial charge is 0.392 e. The first-order chi connectivity index (χ1) is 9.10. The molecule has 1 aromatic carbocycles. The Kier molecular flexibility index (Phi) is 5.23. The van der Waals surface area contributed by atoms with E-state index in [0.29, 0.717) is 17.4 Å². The number of aliphatic hydroxyl groups excluding tert-OH is 1. The van der Waals surface area contributed by atoms with Crippen molar-refractivity contribution >= 4 is 11.6 Å². The first kappa shape index (κ1) is 14.8. The molecule has 0 amide bonds. The van der Waals surface area contributed by atoms with Crippen LogP contribution in [0, 0.1) is 17.7 Å². The maximum atomic E-state index is 13.0. The highest BCUT2D eigenvalue weighted by Gasteiger charge is 2.26. The van der Waals surface area contributed by atoms with Gasteiger partial charge in [0, 0.05) is 11.4 Å². The van der Waals surface area contributed by atoms with Gasteiger partial charge in [-0.1, -0.05) is 43.9 Å². The van der Waals surface area contributed by atoms with Crippen LogP contribution in [0.15, 0.2) is 18.2 Å². The molecule has 1 saturated carbocycles. The predicted octanol–water partition coefficient (Wildman–Crippen LogP) is 4.60. The Morgan fingerprint density at radius 3 is 2.58 bits per heavy atom. The summed E-state index contributed by atoms with van der Waals surface area (Å²) in [5, 5.41) is 10.7. The Labute approximate surface area is 119 Å². The standard InChI is InChI=1S/C16H22ClFO/c1-2-11-3-5-12(6-4-11)16(19)9-13-7-8-14(18)10-15(13)17/h7-8,10-12,16,19H,2-6,9H2,1H3. The number of rotatable bonds is 4. The number of aliphatic hydroxyl groups is 1. The Morgan fingerprint density at radius 1 is 1.32 bits per heavy atom. The van der Waals surface area contributed by atoms with Gasteiger partial charge in [0.1, 0.15) is 5.82 Å². The van der Waals surface area contributed by atoms with Crippen LogP contribution in [-0.4, -0.2) is 11.2 Å². The second-order valence-corrected chi connectivity index (χ2v) is 6.10. The number of benzene rings is 1. The lowest BCUT2D eigenvalue weighted by molar-refractivity contribution is 0.0735. The highest BCUT2D eigenvalue weighted by atomic mass is 35.5. The molecule has 0 bridgehead atoms. The van der Waals surface area contributed by atoms with Crippen molar-refractivity contribution in [2.75, 3.05) is 0 Å². The zero-order valence-corrected chi connectivity index (χ0v) is 12.2. The van der Waals surface area contributed by atoms with E-state index in [1.165, 1.54) is 31.4 Å². The summed E-state index contributed by atoms with van der Waals surface area (Å²) in [4.78, 5) is 0. The highest BCUT2D eigenvalue weighted by Crippen LogP contribution is 2.34. The van der Waals surface area contributed by atoms with E-state index in [-0.39, 0.29) is 11.9 Å². The van der Waals surface area contributed by atoms with E-state index in [9.17, 15) is 9.50 Å². The Bertz CT molecular complexity index is 413. The first-order valence-electron chi connectivity index (χ1n) is 7.22. The fourth-order valence-corrected chi connectivity index (χ4v) is 3.30. The van der Waals surface area contributed by atoms with E-state index in [1.54, 1.807) is 6.07 Å². The lowest BCUT2D eigenvalue weighted by atomic mass is 9.77. The molecule has 1 nitrogen and oxygen atoms in total. The molecule has 0 heterocycles. The fraction of sp³-hybridized carbons (Fsp3) is 0.625. The molecule has 1 aliphatic carbocycles. The van der Waals surface area contributed by atoms with Crippen molar-refractivity contribution in [3.8, 4) is 0 Å². The Morgan fingerprint density at radius 2 is 2.00 bits per heavy atom. The molecule has 1 N–H and O–H groups in total. The van der Waals surface area contributed by atoms with Gasteiger partial charge in [-0.2, -0.15) is 0 Å². The maximum absolute atomic E-state index is 13.0. The van der Waals surface area contributed by atoms with Crippen LogP contribution in [0.5, 0.6) is 0 Å². The smallest absolute Gasteiger partial charge is 0.124 e. The Hall–Kier alpha value is -0.600. The molecule has 0 aliphatic heterocycles. The van der Waals surface area contributed by atoms with Crippen molar-refractivity contribution in [2.45, 2.75) is 51.6 Å². The third-order valence-corrected chi connectivity index (χ3v) is 4.81. The molecule has 3 heteroatoms. The van der Waals surface area contributed by atoms with Crippen LogP contribution >= 0.6 is 11.6 Å². The highest BCUT2D eigenvalue weighted by molar-refractivity contribution is 6.31. The zero-order chi connectivity index (χ0) is 13.8.